The zero-order valence-electron chi connectivity index (χ0n) is 12.1. The monoisotopic (exact) mass is 300 g/mol. The fourth-order valence-electron chi connectivity index (χ4n) is 1.55. The fraction of sp³-hybridized carbons (Fsp3) is 0.615. The number of aryl methyl sites for hydroxylation is 2. The number of hydrogen-bond donors (Lipinski definition) is 2. The summed E-state index contributed by atoms with van der Waals surface area (Å²) in [5.41, 5.74) is 1.97. The molecule has 0 bridgehead atoms. The summed E-state index contributed by atoms with van der Waals surface area (Å²) in [5.74, 6) is -1.07. The van der Waals surface area contributed by atoms with E-state index in [2.05, 4.69) is 10.3 Å². The van der Waals surface area contributed by atoms with E-state index in [0.717, 1.165) is 10.6 Å². The molecule has 0 aromatic carbocycles. The number of carboxylic acid groups (broad SMARTS) is 1. The molecule has 0 spiro atoms. The molecule has 7 heteroatoms. The first-order chi connectivity index (χ1) is 9.19. The minimum absolute atomic E-state index is 0.303. The van der Waals surface area contributed by atoms with E-state index in [1.165, 1.54) is 11.3 Å². The van der Waals surface area contributed by atoms with Crippen LogP contribution in [0.25, 0.3) is 0 Å². The third-order valence-corrected chi connectivity index (χ3v) is 3.49. The maximum atomic E-state index is 11.6. The maximum absolute atomic E-state index is 11.6. The van der Waals surface area contributed by atoms with Crippen molar-refractivity contribution in [2.24, 2.45) is 0 Å². The molecular formula is C13H20N2O4S. The third kappa shape index (κ3) is 5.56. The van der Waals surface area contributed by atoms with Crippen LogP contribution in [-0.2, 0) is 16.0 Å². The fourth-order valence-corrected chi connectivity index (χ4v) is 2.35. The highest BCUT2D eigenvalue weighted by molar-refractivity contribution is 7.09. The Kier molecular flexibility index (Phi) is 5.50. The van der Waals surface area contributed by atoms with Crippen LogP contribution < -0.4 is 5.32 Å². The lowest BCUT2D eigenvalue weighted by molar-refractivity contribution is -0.139. The van der Waals surface area contributed by atoms with Gasteiger partial charge >= 0.3 is 12.1 Å². The first-order valence-corrected chi connectivity index (χ1v) is 7.18. The van der Waals surface area contributed by atoms with Crippen molar-refractivity contribution in [2.75, 3.05) is 0 Å². The molecule has 1 amide bonds. The van der Waals surface area contributed by atoms with Gasteiger partial charge in [-0.3, -0.25) is 0 Å². The van der Waals surface area contributed by atoms with Crippen molar-refractivity contribution < 1.29 is 19.4 Å². The summed E-state index contributed by atoms with van der Waals surface area (Å²) in [7, 11) is 0. The van der Waals surface area contributed by atoms with Crippen LogP contribution in [0.5, 0.6) is 0 Å². The minimum Gasteiger partial charge on any atom is -0.480 e. The average Bonchev–Trinajstić information content (AvgIpc) is 2.67. The number of nitrogens with zero attached hydrogens (tertiary/aromatic N) is 1. The molecule has 1 unspecified atom stereocenters. The molecule has 0 radical (unpaired) electrons. The van der Waals surface area contributed by atoms with E-state index < -0.39 is 23.7 Å². The van der Waals surface area contributed by atoms with Crippen LogP contribution in [0.4, 0.5) is 4.79 Å². The molecule has 2 N–H and O–H groups in total. The summed E-state index contributed by atoms with van der Waals surface area (Å²) in [6.45, 7) is 7.05. The summed E-state index contributed by atoms with van der Waals surface area (Å²) in [4.78, 5) is 27.9. The Labute approximate surface area is 122 Å². The zero-order valence-corrected chi connectivity index (χ0v) is 12.9. The Hall–Kier alpha value is -1.63. The van der Waals surface area contributed by atoms with Gasteiger partial charge in [-0.1, -0.05) is 0 Å². The molecule has 1 aromatic rings. The molecule has 1 atom stereocenters. The number of rotatable bonds is 5. The van der Waals surface area contributed by atoms with E-state index >= 15 is 0 Å². The second-order valence-corrected chi connectivity index (χ2v) is 6.38. The Balaban J connectivity index is 2.55. The standard InChI is InChI=1S/C13H20N2O4S/c1-8-10(20-7-14-8)6-5-9(11(16)17)15-12(18)19-13(2,3)4/h7,9H,5-6H2,1-4H3,(H,15,18)(H,16,17). The van der Waals surface area contributed by atoms with Gasteiger partial charge in [0.15, 0.2) is 0 Å². The lowest BCUT2D eigenvalue weighted by atomic mass is 10.1. The number of carboxylic acids is 1. The number of ether oxygens (including phenoxy) is 1. The minimum atomic E-state index is -1.07. The quantitative estimate of drug-likeness (QED) is 0.871. The molecule has 1 heterocycles. The van der Waals surface area contributed by atoms with Crippen LogP contribution in [0.15, 0.2) is 5.51 Å². The number of carbonyl (C=O) groups is 2. The Morgan fingerprint density at radius 3 is 2.60 bits per heavy atom. The SMILES string of the molecule is Cc1ncsc1CCC(NC(=O)OC(C)(C)C)C(=O)O. The number of amides is 1. The molecule has 6 nitrogen and oxygen atoms in total. The average molecular weight is 300 g/mol. The van der Waals surface area contributed by atoms with Crippen LogP contribution in [0.2, 0.25) is 0 Å². The van der Waals surface area contributed by atoms with Gasteiger partial charge in [0.05, 0.1) is 11.2 Å². The van der Waals surface area contributed by atoms with Gasteiger partial charge in [0, 0.05) is 4.88 Å². The van der Waals surface area contributed by atoms with Gasteiger partial charge in [0.1, 0.15) is 11.6 Å². The van der Waals surface area contributed by atoms with E-state index in [-0.39, 0.29) is 0 Å². The van der Waals surface area contributed by atoms with Gasteiger partial charge in [-0.25, -0.2) is 14.6 Å². The topological polar surface area (TPSA) is 88.5 Å². The lowest BCUT2D eigenvalue weighted by Gasteiger charge is -2.21. The van der Waals surface area contributed by atoms with Crippen LogP contribution in [0.3, 0.4) is 0 Å². The number of carbonyl (C=O) groups excluding carboxylic acids is 1. The number of aliphatic carboxylic acids is 1. The molecule has 1 rings (SSSR count). The van der Waals surface area contributed by atoms with Crippen molar-refractivity contribution >= 4 is 23.4 Å². The number of hydrogen-bond acceptors (Lipinski definition) is 5. The van der Waals surface area contributed by atoms with Crippen molar-refractivity contribution in [1.29, 1.82) is 0 Å². The molecule has 1 aromatic heterocycles. The van der Waals surface area contributed by atoms with E-state index in [1.807, 2.05) is 6.92 Å². The summed E-state index contributed by atoms with van der Waals surface area (Å²) in [5, 5.41) is 11.5. The molecule has 20 heavy (non-hydrogen) atoms. The van der Waals surface area contributed by atoms with Crippen LogP contribution in [0, 0.1) is 6.92 Å². The van der Waals surface area contributed by atoms with Crippen molar-refractivity contribution in [1.82, 2.24) is 10.3 Å². The van der Waals surface area contributed by atoms with Crippen LogP contribution in [0.1, 0.15) is 37.8 Å². The largest absolute Gasteiger partial charge is 0.480 e. The third-order valence-electron chi connectivity index (χ3n) is 2.49. The van der Waals surface area contributed by atoms with E-state index in [4.69, 9.17) is 9.84 Å². The highest BCUT2D eigenvalue weighted by Gasteiger charge is 2.24. The predicted molar refractivity (Wildman–Crippen MR) is 76.0 cm³/mol. The van der Waals surface area contributed by atoms with Gasteiger partial charge in [-0.15, -0.1) is 11.3 Å². The van der Waals surface area contributed by atoms with E-state index in [1.54, 1.807) is 26.3 Å². The lowest BCUT2D eigenvalue weighted by Crippen LogP contribution is -2.43. The molecule has 0 fully saturated rings. The van der Waals surface area contributed by atoms with E-state index in [0.29, 0.717) is 12.8 Å². The van der Waals surface area contributed by atoms with Gasteiger partial charge in [0.2, 0.25) is 0 Å². The highest BCUT2D eigenvalue weighted by Crippen LogP contribution is 2.15. The molecule has 0 aliphatic carbocycles. The molecule has 0 aliphatic rings. The molecule has 0 aliphatic heterocycles. The Bertz CT molecular complexity index is 479. The molecule has 0 saturated carbocycles. The second-order valence-electron chi connectivity index (χ2n) is 5.44. The first kappa shape index (κ1) is 16.4. The number of nitrogens with one attached hydrogen (secondary N) is 1. The molecular weight excluding hydrogens is 280 g/mol. The first-order valence-electron chi connectivity index (χ1n) is 6.30. The zero-order chi connectivity index (χ0) is 15.3. The highest BCUT2D eigenvalue weighted by atomic mass is 32.1. The summed E-state index contributed by atoms with van der Waals surface area (Å²) >= 11 is 1.48. The smallest absolute Gasteiger partial charge is 0.408 e. The number of thiazole rings is 1. The van der Waals surface area contributed by atoms with E-state index in [9.17, 15) is 9.59 Å². The Morgan fingerprint density at radius 2 is 2.15 bits per heavy atom. The van der Waals surface area contributed by atoms with Gasteiger partial charge in [0.25, 0.3) is 0 Å². The normalized spacial score (nSPS) is 12.8. The van der Waals surface area contributed by atoms with Crippen LogP contribution in [-0.4, -0.2) is 33.8 Å². The Morgan fingerprint density at radius 1 is 1.50 bits per heavy atom. The summed E-state index contributed by atoms with van der Waals surface area (Å²) in [6, 6.07) is -0.966. The predicted octanol–water partition coefficient (Wildman–Crippen LogP) is 2.36. The summed E-state index contributed by atoms with van der Waals surface area (Å²) < 4.78 is 5.06. The number of alkyl carbamates (subject to hydrolysis) is 1. The van der Waals surface area contributed by atoms with Crippen molar-refractivity contribution in [2.45, 2.75) is 52.2 Å². The molecule has 0 saturated heterocycles. The van der Waals surface area contributed by atoms with Gasteiger partial charge < -0.3 is 15.2 Å². The number of aromatic nitrogens is 1. The van der Waals surface area contributed by atoms with Gasteiger partial charge in [-0.05, 0) is 40.5 Å². The molecule has 112 valence electrons. The summed E-state index contributed by atoms with van der Waals surface area (Å²) in [6.07, 6.45) is 0.145. The van der Waals surface area contributed by atoms with Crippen molar-refractivity contribution in [3.05, 3.63) is 16.1 Å². The second kappa shape index (κ2) is 6.69. The van der Waals surface area contributed by atoms with Crippen LogP contribution >= 0.6 is 11.3 Å². The van der Waals surface area contributed by atoms with Crippen molar-refractivity contribution in [3.63, 3.8) is 0 Å². The van der Waals surface area contributed by atoms with Crippen molar-refractivity contribution in [3.8, 4) is 0 Å². The maximum Gasteiger partial charge on any atom is 0.408 e. The van der Waals surface area contributed by atoms with Gasteiger partial charge in [-0.2, -0.15) is 0 Å².